The highest BCUT2D eigenvalue weighted by Crippen LogP contribution is 2.25. The molecule has 0 saturated carbocycles. The molecule has 12 heavy (non-hydrogen) atoms. The summed E-state index contributed by atoms with van der Waals surface area (Å²) in [5.74, 6) is -0.285. The first kappa shape index (κ1) is 9.22. The van der Waals surface area contributed by atoms with Gasteiger partial charge in [-0.1, -0.05) is 6.07 Å². The summed E-state index contributed by atoms with van der Waals surface area (Å²) in [7, 11) is 0. The number of hydrogen-bond acceptors (Lipinski definition) is 4. The van der Waals surface area contributed by atoms with E-state index in [-0.39, 0.29) is 18.4 Å². The minimum Gasteiger partial charge on any atom is -0.413 e. The number of hydrogen-bond donors (Lipinski definition) is 0. The van der Waals surface area contributed by atoms with Crippen LogP contribution in [0.3, 0.4) is 0 Å². The second-order valence-corrected chi connectivity index (χ2v) is 3.09. The Kier molecular flexibility index (Phi) is 2.83. The molecule has 0 fully saturated rings. The van der Waals surface area contributed by atoms with E-state index in [9.17, 15) is 4.79 Å². The quantitative estimate of drug-likeness (QED) is 0.653. The van der Waals surface area contributed by atoms with Crippen LogP contribution in [0, 0.1) is 0 Å². The lowest BCUT2D eigenvalue weighted by Gasteiger charge is -1.97. The Morgan fingerprint density at radius 1 is 1.58 bits per heavy atom. The number of thiophene rings is 1. The van der Waals surface area contributed by atoms with Gasteiger partial charge in [0, 0.05) is 4.88 Å². The van der Waals surface area contributed by atoms with E-state index >= 15 is 0 Å². The number of ether oxygens (including phenoxy) is 1. The molecule has 0 radical (unpaired) electrons. The minimum atomic E-state index is -0.407. The third-order valence-corrected chi connectivity index (χ3v) is 2.34. The second-order valence-electron chi connectivity index (χ2n) is 2.11. The highest BCUT2D eigenvalue weighted by Gasteiger charge is 2.25. The lowest BCUT2D eigenvalue weighted by Crippen LogP contribution is -2.04. The Hall–Kier alpha value is -0.870. The van der Waals surface area contributed by atoms with Crippen molar-refractivity contribution in [1.82, 2.24) is 0 Å². The summed E-state index contributed by atoms with van der Waals surface area (Å²) in [5.41, 5.74) is 0. The molecule has 1 unspecified atom stereocenters. The number of nitrogens with zero attached hydrogens (tertiary/aromatic N) is 1. The molecule has 0 aliphatic carbocycles. The molecule has 2 rings (SSSR count). The molecule has 0 bridgehead atoms. The molecule has 0 amide bonds. The van der Waals surface area contributed by atoms with Crippen LogP contribution in [0.15, 0.2) is 22.5 Å². The first-order valence-electron chi connectivity index (χ1n) is 3.13. The summed E-state index contributed by atoms with van der Waals surface area (Å²) in [6, 6.07) is 3.36. The predicted octanol–water partition coefficient (Wildman–Crippen LogP) is 1.80. The van der Waals surface area contributed by atoms with Crippen molar-refractivity contribution in [3.8, 4) is 0 Å². The monoisotopic (exact) mass is 203 g/mol. The maximum Gasteiger partial charge on any atom is 0.342 e. The van der Waals surface area contributed by atoms with Gasteiger partial charge in [-0.2, -0.15) is 0 Å². The molecule has 0 aromatic carbocycles. The SMILES string of the molecule is Cl.O=C1OC=NC1c1cccs1. The van der Waals surface area contributed by atoms with Crippen molar-refractivity contribution >= 4 is 36.1 Å². The highest BCUT2D eigenvalue weighted by molar-refractivity contribution is 7.10. The summed E-state index contributed by atoms with van der Waals surface area (Å²) in [5, 5.41) is 1.91. The van der Waals surface area contributed by atoms with E-state index in [0.717, 1.165) is 4.88 Å². The molecule has 0 spiro atoms. The van der Waals surface area contributed by atoms with E-state index in [1.807, 2.05) is 17.5 Å². The summed E-state index contributed by atoms with van der Waals surface area (Å²) in [6.45, 7) is 0. The van der Waals surface area contributed by atoms with E-state index in [4.69, 9.17) is 0 Å². The van der Waals surface area contributed by atoms with Crippen LogP contribution < -0.4 is 0 Å². The maximum absolute atomic E-state index is 10.9. The van der Waals surface area contributed by atoms with Gasteiger partial charge in [-0.15, -0.1) is 23.7 Å². The predicted molar refractivity (Wildman–Crippen MR) is 48.9 cm³/mol. The number of esters is 1. The molecule has 1 aromatic heterocycles. The fourth-order valence-electron chi connectivity index (χ4n) is 0.905. The average molecular weight is 204 g/mol. The van der Waals surface area contributed by atoms with Crippen LogP contribution in [0.4, 0.5) is 0 Å². The van der Waals surface area contributed by atoms with Crippen LogP contribution in [0.2, 0.25) is 0 Å². The number of cyclic esters (lactones) is 1. The molecule has 1 aromatic rings. The number of carbonyl (C=O) groups excluding carboxylic acids is 1. The Balaban J connectivity index is 0.000000720. The van der Waals surface area contributed by atoms with Crippen LogP contribution >= 0.6 is 23.7 Å². The van der Waals surface area contributed by atoms with E-state index in [2.05, 4.69) is 9.73 Å². The van der Waals surface area contributed by atoms with E-state index in [1.165, 1.54) is 17.7 Å². The Labute approximate surface area is 79.5 Å². The number of aliphatic imine (C=N–C) groups is 1. The van der Waals surface area contributed by atoms with Gasteiger partial charge in [0.1, 0.15) is 0 Å². The zero-order chi connectivity index (χ0) is 7.68. The van der Waals surface area contributed by atoms with Crippen molar-refractivity contribution in [3.63, 3.8) is 0 Å². The van der Waals surface area contributed by atoms with Gasteiger partial charge in [-0.25, -0.2) is 9.79 Å². The van der Waals surface area contributed by atoms with Gasteiger partial charge in [0.2, 0.25) is 0 Å². The fourth-order valence-corrected chi connectivity index (χ4v) is 1.66. The third kappa shape index (κ3) is 1.49. The van der Waals surface area contributed by atoms with Gasteiger partial charge in [-0.05, 0) is 11.4 Å². The Bertz CT molecular complexity index is 296. The second kappa shape index (κ2) is 3.69. The zero-order valence-electron chi connectivity index (χ0n) is 5.97. The van der Waals surface area contributed by atoms with Crippen LogP contribution in [0.5, 0.6) is 0 Å². The molecule has 1 atom stereocenters. The molecular weight excluding hydrogens is 198 g/mol. The van der Waals surface area contributed by atoms with Crippen molar-refractivity contribution in [2.45, 2.75) is 6.04 Å². The number of rotatable bonds is 1. The first-order chi connectivity index (χ1) is 5.38. The van der Waals surface area contributed by atoms with Crippen LogP contribution in [-0.2, 0) is 9.53 Å². The topological polar surface area (TPSA) is 38.7 Å². The maximum atomic E-state index is 10.9. The highest BCUT2D eigenvalue weighted by atomic mass is 35.5. The largest absolute Gasteiger partial charge is 0.413 e. The van der Waals surface area contributed by atoms with Gasteiger partial charge in [0.15, 0.2) is 12.4 Å². The van der Waals surface area contributed by atoms with Crippen LogP contribution in [0.1, 0.15) is 10.9 Å². The van der Waals surface area contributed by atoms with Gasteiger partial charge in [0.25, 0.3) is 0 Å². The van der Waals surface area contributed by atoms with Crippen molar-refractivity contribution in [2.24, 2.45) is 4.99 Å². The first-order valence-corrected chi connectivity index (χ1v) is 4.01. The van der Waals surface area contributed by atoms with Gasteiger partial charge >= 0.3 is 5.97 Å². The molecule has 64 valence electrons. The zero-order valence-corrected chi connectivity index (χ0v) is 7.60. The third-order valence-electron chi connectivity index (χ3n) is 1.41. The molecule has 2 heterocycles. The number of carbonyl (C=O) groups is 1. The molecular formula is C7H6ClNO2S. The lowest BCUT2D eigenvalue weighted by molar-refractivity contribution is -0.134. The fraction of sp³-hybridized carbons (Fsp3) is 0.143. The van der Waals surface area contributed by atoms with E-state index in [1.54, 1.807) is 0 Å². The molecule has 1 aliphatic heterocycles. The average Bonchev–Trinajstić information content (AvgIpc) is 2.55. The van der Waals surface area contributed by atoms with Crippen molar-refractivity contribution in [2.75, 3.05) is 0 Å². The van der Waals surface area contributed by atoms with Gasteiger partial charge in [-0.3, -0.25) is 0 Å². The van der Waals surface area contributed by atoms with Crippen molar-refractivity contribution < 1.29 is 9.53 Å². The molecule has 5 heteroatoms. The number of halogens is 1. The van der Waals surface area contributed by atoms with E-state index in [0.29, 0.717) is 0 Å². The molecule has 3 nitrogen and oxygen atoms in total. The molecule has 1 aliphatic rings. The van der Waals surface area contributed by atoms with Gasteiger partial charge in [0.05, 0.1) is 0 Å². The standard InChI is InChI=1S/C7H5NO2S.ClH/c9-7-6(8-4-10-7)5-2-1-3-11-5;/h1-4,6H;1H. The molecule has 0 N–H and O–H groups in total. The van der Waals surface area contributed by atoms with Gasteiger partial charge < -0.3 is 4.74 Å². The normalized spacial score (nSPS) is 20.3. The van der Waals surface area contributed by atoms with Crippen molar-refractivity contribution in [1.29, 1.82) is 0 Å². The summed E-state index contributed by atoms with van der Waals surface area (Å²) in [4.78, 5) is 15.7. The van der Waals surface area contributed by atoms with Crippen molar-refractivity contribution in [3.05, 3.63) is 22.4 Å². The summed E-state index contributed by atoms with van der Waals surface area (Å²) < 4.78 is 4.57. The Morgan fingerprint density at radius 3 is 2.92 bits per heavy atom. The smallest absolute Gasteiger partial charge is 0.342 e. The summed E-state index contributed by atoms with van der Waals surface area (Å²) >= 11 is 1.51. The minimum absolute atomic E-state index is 0. The van der Waals surface area contributed by atoms with Crippen LogP contribution in [0.25, 0.3) is 0 Å². The van der Waals surface area contributed by atoms with E-state index < -0.39 is 6.04 Å². The lowest BCUT2D eigenvalue weighted by atomic mass is 10.3. The van der Waals surface area contributed by atoms with Crippen LogP contribution in [-0.4, -0.2) is 12.4 Å². The Morgan fingerprint density at radius 2 is 2.42 bits per heavy atom. The summed E-state index contributed by atoms with van der Waals surface area (Å²) in [6.07, 6.45) is 1.20. The molecule has 0 saturated heterocycles.